The van der Waals surface area contributed by atoms with Crippen LogP contribution >= 0.6 is 0 Å². The summed E-state index contributed by atoms with van der Waals surface area (Å²) in [6, 6.07) is 5.78. The molecule has 0 aliphatic heterocycles. The van der Waals surface area contributed by atoms with Crippen molar-refractivity contribution in [1.29, 1.82) is 0 Å². The van der Waals surface area contributed by atoms with Crippen LogP contribution in [0.15, 0.2) is 41.3 Å². The van der Waals surface area contributed by atoms with Gasteiger partial charge < -0.3 is 13.9 Å². The highest BCUT2D eigenvalue weighted by molar-refractivity contribution is 5.89. The Hall–Kier alpha value is -2.70. The van der Waals surface area contributed by atoms with Gasteiger partial charge in [-0.15, -0.1) is 0 Å². The molecule has 1 aromatic heterocycles. The third kappa shape index (κ3) is 3.29. The first-order valence-electron chi connectivity index (χ1n) is 7.33. The SMILES string of the molecule is C=CC(F)(F)Oc1ccc(-c2nc(C(=O)OC)c(C3CC3)o2)cc1. The molecule has 1 saturated carbocycles. The fourth-order valence-electron chi connectivity index (χ4n) is 2.18. The molecule has 24 heavy (non-hydrogen) atoms. The molecule has 0 N–H and O–H groups in total. The monoisotopic (exact) mass is 335 g/mol. The van der Waals surface area contributed by atoms with Crippen LogP contribution < -0.4 is 4.74 Å². The molecule has 0 amide bonds. The third-order valence-electron chi connectivity index (χ3n) is 3.57. The van der Waals surface area contributed by atoms with Gasteiger partial charge in [-0.25, -0.2) is 9.78 Å². The van der Waals surface area contributed by atoms with E-state index < -0.39 is 12.1 Å². The lowest BCUT2D eigenvalue weighted by atomic mass is 10.2. The summed E-state index contributed by atoms with van der Waals surface area (Å²) in [6.45, 7) is 3.01. The summed E-state index contributed by atoms with van der Waals surface area (Å²) in [6.07, 6.45) is -1.16. The van der Waals surface area contributed by atoms with E-state index in [1.165, 1.54) is 31.4 Å². The highest BCUT2D eigenvalue weighted by Gasteiger charge is 2.34. The van der Waals surface area contributed by atoms with E-state index in [0.29, 0.717) is 17.4 Å². The largest absolute Gasteiger partial charge is 0.464 e. The summed E-state index contributed by atoms with van der Waals surface area (Å²) >= 11 is 0. The van der Waals surface area contributed by atoms with Crippen molar-refractivity contribution in [3.8, 4) is 17.2 Å². The Morgan fingerprint density at radius 2 is 2.04 bits per heavy atom. The molecule has 0 unspecified atom stereocenters. The maximum absolute atomic E-state index is 13.1. The Balaban J connectivity index is 1.86. The topological polar surface area (TPSA) is 61.6 Å². The zero-order valence-corrected chi connectivity index (χ0v) is 12.9. The van der Waals surface area contributed by atoms with Crippen LogP contribution in [0.4, 0.5) is 8.78 Å². The van der Waals surface area contributed by atoms with Gasteiger partial charge in [0.15, 0.2) is 5.69 Å². The van der Waals surface area contributed by atoms with Crippen molar-refractivity contribution in [1.82, 2.24) is 4.98 Å². The van der Waals surface area contributed by atoms with Crippen molar-refractivity contribution < 1.29 is 27.5 Å². The molecule has 1 aliphatic rings. The number of methoxy groups -OCH3 is 1. The van der Waals surface area contributed by atoms with Gasteiger partial charge in [0, 0.05) is 17.6 Å². The number of aromatic nitrogens is 1. The van der Waals surface area contributed by atoms with E-state index in [4.69, 9.17) is 9.15 Å². The van der Waals surface area contributed by atoms with Crippen LogP contribution in [-0.2, 0) is 4.74 Å². The van der Waals surface area contributed by atoms with Gasteiger partial charge in [-0.05, 0) is 37.1 Å². The van der Waals surface area contributed by atoms with Crippen molar-refractivity contribution >= 4 is 5.97 Å². The molecule has 0 radical (unpaired) electrons. The summed E-state index contributed by atoms with van der Waals surface area (Å²) in [4.78, 5) is 16.0. The van der Waals surface area contributed by atoms with Crippen LogP contribution in [0.25, 0.3) is 11.5 Å². The van der Waals surface area contributed by atoms with Crippen molar-refractivity contribution in [2.75, 3.05) is 7.11 Å². The van der Waals surface area contributed by atoms with Gasteiger partial charge in [0.2, 0.25) is 5.89 Å². The van der Waals surface area contributed by atoms with E-state index in [1.807, 2.05) is 0 Å². The number of hydrogen-bond acceptors (Lipinski definition) is 5. The molecular weight excluding hydrogens is 320 g/mol. The molecule has 5 nitrogen and oxygen atoms in total. The zero-order chi connectivity index (χ0) is 17.3. The summed E-state index contributed by atoms with van der Waals surface area (Å²) < 4.78 is 41.1. The van der Waals surface area contributed by atoms with Crippen LogP contribution in [0, 0.1) is 0 Å². The molecule has 0 saturated heterocycles. The Morgan fingerprint density at radius 3 is 2.58 bits per heavy atom. The molecular formula is C17H15F2NO4. The summed E-state index contributed by atoms with van der Waals surface area (Å²) in [7, 11) is 1.28. The number of halogens is 2. The minimum Gasteiger partial charge on any atom is -0.464 e. The van der Waals surface area contributed by atoms with Crippen LogP contribution in [0.3, 0.4) is 0 Å². The molecule has 1 aliphatic carbocycles. The standard InChI is InChI=1S/C17H15F2NO4/c1-3-17(18,19)24-12-8-6-11(7-9-12)15-20-13(16(21)22-2)14(23-15)10-4-5-10/h3,6-10H,1,4-5H2,2H3. The van der Waals surface area contributed by atoms with Gasteiger partial charge in [0.1, 0.15) is 11.5 Å². The number of alkyl halides is 2. The summed E-state index contributed by atoms with van der Waals surface area (Å²) in [5.41, 5.74) is 0.704. The summed E-state index contributed by atoms with van der Waals surface area (Å²) in [5, 5.41) is 0. The normalized spacial score (nSPS) is 14.3. The van der Waals surface area contributed by atoms with Gasteiger partial charge in [-0.3, -0.25) is 0 Å². The number of esters is 1. The molecule has 7 heteroatoms. The second kappa shape index (κ2) is 6.07. The molecule has 0 bridgehead atoms. The van der Waals surface area contributed by atoms with Crippen LogP contribution in [-0.4, -0.2) is 24.2 Å². The molecule has 0 spiro atoms. The number of carbonyl (C=O) groups excluding carboxylic acids is 1. The number of rotatable bonds is 6. The Morgan fingerprint density at radius 1 is 1.38 bits per heavy atom. The number of carbonyl (C=O) groups is 1. The van der Waals surface area contributed by atoms with Crippen molar-refractivity contribution in [3.05, 3.63) is 48.4 Å². The molecule has 3 rings (SSSR count). The second-order valence-electron chi connectivity index (χ2n) is 5.39. The predicted octanol–water partition coefficient (Wildman–Crippen LogP) is 4.16. The van der Waals surface area contributed by atoms with E-state index in [1.54, 1.807) is 0 Å². The van der Waals surface area contributed by atoms with Gasteiger partial charge in [-0.2, -0.15) is 8.78 Å². The quantitative estimate of drug-likeness (QED) is 0.586. The Labute approximate surface area is 136 Å². The van der Waals surface area contributed by atoms with Gasteiger partial charge >= 0.3 is 12.1 Å². The van der Waals surface area contributed by atoms with E-state index in [0.717, 1.165) is 12.8 Å². The zero-order valence-electron chi connectivity index (χ0n) is 12.9. The fourth-order valence-corrected chi connectivity index (χ4v) is 2.18. The first-order chi connectivity index (χ1) is 11.4. The number of hydrogen-bond donors (Lipinski definition) is 0. The lowest BCUT2D eigenvalue weighted by Gasteiger charge is -2.13. The number of benzene rings is 1. The van der Waals surface area contributed by atoms with E-state index in [2.05, 4.69) is 16.3 Å². The second-order valence-corrected chi connectivity index (χ2v) is 5.39. The van der Waals surface area contributed by atoms with Crippen LogP contribution in [0.2, 0.25) is 0 Å². The molecule has 1 aromatic carbocycles. The summed E-state index contributed by atoms with van der Waals surface area (Å²) in [5.74, 6) is 0.340. The first-order valence-corrected chi connectivity index (χ1v) is 7.33. The van der Waals surface area contributed by atoms with Crippen LogP contribution in [0.1, 0.15) is 35.0 Å². The predicted molar refractivity (Wildman–Crippen MR) is 81.0 cm³/mol. The smallest absolute Gasteiger partial charge is 0.419 e. The molecule has 1 fully saturated rings. The Bertz CT molecular complexity index is 763. The highest BCUT2D eigenvalue weighted by atomic mass is 19.3. The molecule has 2 aromatic rings. The van der Waals surface area contributed by atoms with Crippen LogP contribution in [0.5, 0.6) is 5.75 Å². The number of oxazole rings is 1. The maximum Gasteiger partial charge on any atom is 0.419 e. The highest BCUT2D eigenvalue weighted by Crippen LogP contribution is 2.43. The van der Waals surface area contributed by atoms with E-state index in [-0.39, 0.29) is 23.3 Å². The van der Waals surface area contributed by atoms with Crippen molar-refractivity contribution in [2.24, 2.45) is 0 Å². The fraction of sp³-hybridized carbons (Fsp3) is 0.294. The van der Waals surface area contributed by atoms with Gasteiger partial charge in [0.05, 0.1) is 7.11 Å². The third-order valence-corrected chi connectivity index (χ3v) is 3.57. The van der Waals surface area contributed by atoms with Crippen molar-refractivity contribution in [3.63, 3.8) is 0 Å². The molecule has 1 heterocycles. The maximum atomic E-state index is 13.1. The lowest BCUT2D eigenvalue weighted by Crippen LogP contribution is -2.20. The average molecular weight is 335 g/mol. The average Bonchev–Trinajstić information content (AvgIpc) is 3.33. The van der Waals surface area contributed by atoms with Crippen molar-refractivity contribution in [2.45, 2.75) is 24.9 Å². The first kappa shape index (κ1) is 16.2. The molecule has 126 valence electrons. The number of ether oxygens (including phenoxy) is 2. The van der Waals surface area contributed by atoms with E-state index >= 15 is 0 Å². The van der Waals surface area contributed by atoms with Gasteiger partial charge in [0.25, 0.3) is 0 Å². The lowest BCUT2D eigenvalue weighted by molar-refractivity contribution is -0.131. The minimum absolute atomic E-state index is 0.0224. The Kier molecular flexibility index (Phi) is 4.09. The van der Waals surface area contributed by atoms with E-state index in [9.17, 15) is 13.6 Å². The minimum atomic E-state index is -3.44. The molecule has 0 atom stereocenters. The number of nitrogens with zero attached hydrogens (tertiary/aromatic N) is 1. The van der Waals surface area contributed by atoms with Gasteiger partial charge in [-0.1, -0.05) is 6.58 Å².